The Hall–Kier alpha value is -1.82. The van der Waals surface area contributed by atoms with E-state index in [4.69, 9.17) is 5.73 Å². The first kappa shape index (κ1) is 17.3. The fourth-order valence-electron chi connectivity index (χ4n) is 8.06. The molecule has 2 spiro atoms. The number of carboxylic acids is 1. The summed E-state index contributed by atoms with van der Waals surface area (Å²) in [6.07, 6.45) is 10.6. The van der Waals surface area contributed by atoms with Crippen LogP contribution in [-0.2, 0) is 4.79 Å². The van der Waals surface area contributed by atoms with Crippen LogP contribution in [0.3, 0.4) is 0 Å². The number of hydrogen-bond acceptors (Lipinski definition) is 3. The molecule has 4 aliphatic carbocycles. The molecule has 0 aromatic heterocycles. The minimum absolute atomic E-state index is 0.0378. The van der Waals surface area contributed by atoms with E-state index in [1.165, 1.54) is 0 Å². The monoisotopic (exact) mass is 371 g/mol. The highest BCUT2D eigenvalue weighted by molar-refractivity contribution is 5.90. The second kappa shape index (κ2) is 5.60. The van der Waals surface area contributed by atoms with Crippen molar-refractivity contribution in [3.05, 3.63) is 23.4 Å². The van der Waals surface area contributed by atoms with Gasteiger partial charge in [0, 0.05) is 30.6 Å². The first-order valence-electron chi connectivity index (χ1n) is 10.3. The minimum Gasteiger partial charge on any atom is -0.478 e. The maximum Gasteiger partial charge on any atom is 0.334 e. The van der Waals surface area contributed by atoms with Gasteiger partial charge in [0.25, 0.3) is 0 Å². The van der Waals surface area contributed by atoms with Crippen molar-refractivity contribution in [3.8, 4) is 0 Å². The molecule has 0 aromatic carbocycles. The summed E-state index contributed by atoms with van der Waals surface area (Å²) in [5.74, 6) is 0.573. The topological polar surface area (TPSA) is 99.1 Å². The number of hydrogen-bond donors (Lipinski definition) is 3. The second-order valence-corrected chi connectivity index (χ2v) is 9.18. The van der Waals surface area contributed by atoms with E-state index < -0.39 is 12.1 Å². The summed E-state index contributed by atoms with van der Waals surface area (Å²) in [6, 6.07) is 0. The van der Waals surface area contributed by atoms with E-state index in [0.717, 1.165) is 57.1 Å². The number of aliphatic hydroxyl groups is 1. The molecule has 3 fully saturated rings. The Labute approximate surface area is 159 Å². The largest absolute Gasteiger partial charge is 0.478 e. The highest BCUT2D eigenvalue weighted by Gasteiger charge is 2.75. The fraction of sp³-hybridized carbons (Fsp3) is 0.714. The Morgan fingerprint density at radius 1 is 1.30 bits per heavy atom. The quantitative estimate of drug-likeness (QED) is 0.484. The van der Waals surface area contributed by atoms with Gasteiger partial charge in [-0.3, -0.25) is 4.99 Å². The molecule has 1 aliphatic heterocycles. The highest BCUT2D eigenvalue weighted by atomic mass is 16.4. The highest BCUT2D eigenvalue weighted by Crippen LogP contribution is 2.78. The molecular weight excluding hydrogens is 342 g/mol. The summed E-state index contributed by atoms with van der Waals surface area (Å²) in [5.41, 5.74) is 7.36. The molecule has 3 saturated carbocycles. The van der Waals surface area contributed by atoms with Gasteiger partial charge in [-0.1, -0.05) is 12.5 Å². The number of rotatable bonds is 1. The van der Waals surface area contributed by atoms with Crippen molar-refractivity contribution >= 4 is 11.9 Å². The lowest BCUT2D eigenvalue weighted by Gasteiger charge is -2.62. The van der Waals surface area contributed by atoms with Crippen molar-refractivity contribution in [2.24, 2.45) is 39.3 Å². The predicted octanol–water partition coefficient (Wildman–Crippen LogP) is 2.11. The molecule has 6 atom stereocenters. The lowest BCUT2D eigenvalue weighted by atomic mass is 9.43. The zero-order chi connectivity index (χ0) is 19.0. The van der Waals surface area contributed by atoms with E-state index in [0.29, 0.717) is 23.4 Å². The van der Waals surface area contributed by atoms with Crippen molar-refractivity contribution in [3.63, 3.8) is 0 Å². The van der Waals surface area contributed by atoms with Crippen LogP contribution in [0.5, 0.6) is 0 Å². The van der Waals surface area contributed by atoms with E-state index in [9.17, 15) is 15.0 Å². The summed E-state index contributed by atoms with van der Waals surface area (Å²) in [5, 5.41) is 21.1. The van der Waals surface area contributed by atoms with Gasteiger partial charge in [-0.15, -0.1) is 0 Å². The zero-order valence-electron chi connectivity index (χ0n) is 15.9. The van der Waals surface area contributed by atoms with Crippen molar-refractivity contribution in [2.75, 3.05) is 13.6 Å². The average molecular weight is 371 g/mol. The molecule has 5 rings (SSSR count). The molecule has 6 nitrogen and oxygen atoms in total. The van der Waals surface area contributed by atoms with Crippen LogP contribution in [0.1, 0.15) is 44.9 Å². The van der Waals surface area contributed by atoms with Gasteiger partial charge in [-0.05, 0) is 61.9 Å². The van der Waals surface area contributed by atoms with E-state index in [1.54, 1.807) is 7.05 Å². The summed E-state index contributed by atoms with van der Waals surface area (Å²) in [6.45, 7) is 0.785. The predicted molar refractivity (Wildman–Crippen MR) is 102 cm³/mol. The third-order valence-electron chi connectivity index (χ3n) is 8.69. The second-order valence-electron chi connectivity index (χ2n) is 9.18. The van der Waals surface area contributed by atoms with Crippen molar-refractivity contribution < 1.29 is 15.0 Å². The van der Waals surface area contributed by atoms with Gasteiger partial charge in [0.15, 0.2) is 5.96 Å². The number of carboxylic acid groups (broad SMARTS) is 1. The van der Waals surface area contributed by atoms with Crippen LogP contribution >= 0.6 is 0 Å². The van der Waals surface area contributed by atoms with Crippen molar-refractivity contribution in [1.29, 1.82) is 0 Å². The van der Waals surface area contributed by atoms with Gasteiger partial charge < -0.3 is 20.8 Å². The summed E-state index contributed by atoms with van der Waals surface area (Å²) in [4.78, 5) is 18.4. The number of allylic oxidation sites excluding steroid dienone is 2. The van der Waals surface area contributed by atoms with Gasteiger partial charge in [0.1, 0.15) is 0 Å². The van der Waals surface area contributed by atoms with E-state index in [-0.39, 0.29) is 16.7 Å². The molecule has 27 heavy (non-hydrogen) atoms. The lowest BCUT2D eigenvalue weighted by molar-refractivity contribution is -0.137. The van der Waals surface area contributed by atoms with Crippen LogP contribution in [0.4, 0.5) is 0 Å². The molecule has 0 radical (unpaired) electrons. The standard InChI is InChI=1S/C21H29N3O3/c1-23-19(22)24-9-3-8-20(11-24)13-7-6-12-4-2-5-14-17(25)16(18(26)27)15(10-13)21(12,14)20/h3,9,12-14,17,25H,2,4-8,10-11H2,1H3,(H2,22,23)(H,26,27). The Morgan fingerprint density at radius 2 is 2.07 bits per heavy atom. The van der Waals surface area contributed by atoms with Crippen LogP contribution in [0.2, 0.25) is 0 Å². The Bertz CT molecular complexity index is 788. The minimum atomic E-state index is -0.916. The van der Waals surface area contributed by atoms with Gasteiger partial charge in [0.2, 0.25) is 0 Å². The van der Waals surface area contributed by atoms with Gasteiger partial charge in [0.05, 0.1) is 11.7 Å². The molecule has 5 aliphatic rings. The summed E-state index contributed by atoms with van der Waals surface area (Å²) >= 11 is 0. The van der Waals surface area contributed by atoms with Crippen LogP contribution in [0, 0.1) is 28.6 Å². The van der Waals surface area contributed by atoms with Crippen LogP contribution in [0.15, 0.2) is 28.4 Å². The van der Waals surface area contributed by atoms with Crippen molar-refractivity contribution in [1.82, 2.24) is 4.90 Å². The number of carbonyl (C=O) groups is 1. The molecule has 0 saturated heterocycles. The normalized spacial score (nSPS) is 45.6. The average Bonchev–Trinajstić information content (AvgIpc) is 2.97. The Morgan fingerprint density at radius 3 is 2.81 bits per heavy atom. The number of aliphatic hydroxyl groups excluding tert-OH is 1. The summed E-state index contributed by atoms with van der Waals surface area (Å²) in [7, 11) is 1.71. The first-order valence-corrected chi connectivity index (χ1v) is 10.3. The number of nitrogens with two attached hydrogens (primary N) is 1. The van der Waals surface area contributed by atoms with Gasteiger partial charge in [-0.2, -0.15) is 0 Å². The van der Waals surface area contributed by atoms with E-state index in [1.807, 2.05) is 11.1 Å². The smallest absolute Gasteiger partial charge is 0.334 e. The van der Waals surface area contributed by atoms with Gasteiger partial charge in [-0.25, -0.2) is 4.79 Å². The van der Waals surface area contributed by atoms with Crippen LogP contribution < -0.4 is 5.73 Å². The number of aliphatic carboxylic acids is 1. The third kappa shape index (κ3) is 1.85. The maximum absolute atomic E-state index is 12.1. The molecular formula is C21H29N3O3. The SMILES string of the molecule is CN=C(N)N1C=CCC2(C1)C1CCC3CCCC4C(O)C(C(=O)O)=C(C1)C342. The van der Waals surface area contributed by atoms with Gasteiger partial charge >= 0.3 is 5.97 Å². The third-order valence-corrected chi connectivity index (χ3v) is 8.69. The zero-order valence-corrected chi connectivity index (χ0v) is 15.9. The molecule has 6 unspecified atom stereocenters. The molecule has 1 heterocycles. The Balaban J connectivity index is 1.73. The van der Waals surface area contributed by atoms with E-state index in [2.05, 4.69) is 11.1 Å². The molecule has 0 amide bonds. The maximum atomic E-state index is 12.1. The summed E-state index contributed by atoms with van der Waals surface area (Å²) < 4.78 is 0. The Kier molecular flexibility index (Phi) is 3.58. The number of aliphatic imine (C=N–C) groups is 1. The van der Waals surface area contributed by atoms with E-state index >= 15 is 0 Å². The number of nitrogens with zero attached hydrogens (tertiary/aromatic N) is 2. The lowest BCUT2D eigenvalue weighted by Crippen LogP contribution is -2.61. The molecule has 6 heteroatoms. The molecule has 146 valence electrons. The molecule has 4 N–H and O–H groups in total. The van der Waals surface area contributed by atoms with Crippen LogP contribution in [0.25, 0.3) is 0 Å². The van der Waals surface area contributed by atoms with Crippen LogP contribution in [-0.4, -0.2) is 46.7 Å². The fourth-order valence-corrected chi connectivity index (χ4v) is 8.06. The van der Waals surface area contributed by atoms with Crippen molar-refractivity contribution in [2.45, 2.75) is 51.0 Å². The molecule has 0 aromatic rings. The molecule has 2 bridgehead atoms. The first-order chi connectivity index (χ1) is 13.0. The number of guanidine groups is 1.